The molecule has 1 unspecified atom stereocenters. The van der Waals surface area contributed by atoms with Crippen molar-refractivity contribution in [3.05, 3.63) is 105 Å². The third-order valence-corrected chi connectivity index (χ3v) is 7.20. The topological polar surface area (TPSA) is 103 Å². The van der Waals surface area contributed by atoms with Crippen molar-refractivity contribution in [3.8, 4) is 0 Å². The average Bonchev–Trinajstić information content (AvgIpc) is 2.89. The minimum absolute atomic E-state index is 0.136. The number of carboxylic acid groups (broad SMARTS) is 1. The lowest BCUT2D eigenvalue weighted by atomic mass is 9.84. The number of aryl methyl sites for hydroxylation is 1. The summed E-state index contributed by atoms with van der Waals surface area (Å²) >= 11 is 0. The number of aromatic carboxylic acids is 1. The molecule has 7 nitrogen and oxygen atoms in total. The number of piperidine rings is 1. The quantitative estimate of drug-likeness (QED) is 0.324. The van der Waals surface area contributed by atoms with Crippen LogP contribution < -0.4 is 15.6 Å². The molecule has 2 heterocycles. The molecule has 7 heteroatoms. The third kappa shape index (κ3) is 4.82. The summed E-state index contributed by atoms with van der Waals surface area (Å²) < 4.78 is 6.37. The Bertz CT molecular complexity index is 1500. The second-order valence-corrected chi connectivity index (χ2v) is 9.78. The van der Waals surface area contributed by atoms with Gasteiger partial charge in [0.15, 0.2) is 11.3 Å². The second-order valence-electron chi connectivity index (χ2n) is 9.78. The molecule has 37 heavy (non-hydrogen) atoms. The zero-order chi connectivity index (χ0) is 26.2. The fraction of sp³-hybridized carbons (Fsp3) is 0.267. The van der Waals surface area contributed by atoms with Crippen molar-refractivity contribution in [1.82, 2.24) is 0 Å². The highest BCUT2D eigenvalue weighted by molar-refractivity contribution is 5.94. The zero-order valence-electron chi connectivity index (χ0n) is 20.9. The smallest absolute Gasteiger partial charge is 0.337 e. The monoisotopic (exact) mass is 498 g/mol. The van der Waals surface area contributed by atoms with E-state index >= 15 is 0 Å². The van der Waals surface area contributed by atoms with Gasteiger partial charge in [0.1, 0.15) is 5.58 Å². The van der Waals surface area contributed by atoms with Gasteiger partial charge in [-0.1, -0.05) is 48.5 Å². The summed E-state index contributed by atoms with van der Waals surface area (Å²) in [5.74, 6) is -0.547. The number of carboxylic acids is 1. The van der Waals surface area contributed by atoms with Crippen molar-refractivity contribution in [2.45, 2.75) is 38.3 Å². The molecule has 5 rings (SSSR count). The molecule has 1 fully saturated rings. The number of nitrogens with one attached hydrogen (secondary N) is 1. The zero-order valence-corrected chi connectivity index (χ0v) is 20.9. The summed E-state index contributed by atoms with van der Waals surface area (Å²) in [5.41, 5.74) is 2.68. The summed E-state index contributed by atoms with van der Waals surface area (Å²) in [7, 11) is 0. The molecule has 1 aliphatic rings. The minimum Gasteiger partial charge on any atom is -0.478 e. The van der Waals surface area contributed by atoms with Gasteiger partial charge in [0.2, 0.25) is 0 Å². The van der Waals surface area contributed by atoms with Crippen molar-refractivity contribution in [1.29, 1.82) is 0 Å². The number of carbonyl (C=O) groups is 1. The standard InChI is InChI=1S/C30H30N2O5/c1-19-16-23(20(2)31-25-11-7-6-10-22(25)29(34)35)28-24(17-19)26(33)18-27(37-28)32-14-12-30(36,13-15-32)21-8-4-3-5-9-21/h3-11,16-18,20,31,36H,12-15H2,1-2H3,(H,34,35). The van der Waals surface area contributed by atoms with Crippen LogP contribution in [0.3, 0.4) is 0 Å². The first kappa shape index (κ1) is 24.6. The van der Waals surface area contributed by atoms with E-state index in [2.05, 4.69) is 5.32 Å². The predicted molar refractivity (Wildman–Crippen MR) is 144 cm³/mol. The Morgan fingerprint density at radius 2 is 1.70 bits per heavy atom. The highest BCUT2D eigenvalue weighted by Crippen LogP contribution is 2.36. The van der Waals surface area contributed by atoms with Crippen molar-refractivity contribution in [3.63, 3.8) is 0 Å². The number of aliphatic hydroxyl groups is 1. The van der Waals surface area contributed by atoms with Crippen LogP contribution in [0.1, 0.15) is 52.9 Å². The molecule has 3 aromatic carbocycles. The van der Waals surface area contributed by atoms with Gasteiger partial charge in [-0.05, 0) is 56.0 Å². The van der Waals surface area contributed by atoms with Gasteiger partial charge in [-0.3, -0.25) is 4.79 Å². The lowest BCUT2D eigenvalue weighted by Crippen LogP contribution is -2.42. The van der Waals surface area contributed by atoms with Crippen molar-refractivity contribution >= 4 is 28.5 Å². The van der Waals surface area contributed by atoms with E-state index in [9.17, 15) is 19.8 Å². The van der Waals surface area contributed by atoms with E-state index in [0.29, 0.717) is 48.5 Å². The van der Waals surface area contributed by atoms with E-state index in [1.165, 1.54) is 6.07 Å². The third-order valence-electron chi connectivity index (χ3n) is 7.20. The SMILES string of the molecule is Cc1cc(C(C)Nc2ccccc2C(=O)O)c2oc(N3CCC(O)(c4ccccc4)CC3)cc(=O)c2c1. The summed E-state index contributed by atoms with van der Waals surface area (Å²) in [6, 6.07) is 21.4. The predicted octanol–water partition coefficient (Wildman–Crippen LogP) is 5.46. The van der Waals surface area contributed by atoms with Crippen LogP contribution in [0, 0.1) is 6.92 Å². The van der Waals surface area contributed by atoms with Crippen molar-refractivity contribution in [2.24, 2.45) is 0 Å². The van der Waals surface area contributed by atoms with Crippen LogP contribution in [0.25, 0.3) is 11.0 Å². The Morgan fingerprint density at radius 1 is 1.03 bits per heavy atom. The molecule has 3 N–H and O–H groups in total. The number of benzene rings is 3. The molecule has 1 saturated heterocycles. The molecular formula is C30H30N2O5. The van der Waals surface area contributed by atoms with E-state index in [1.54, 1.807) is 24.3 Å². The van der Waals surface area contributed by atoms with Crippen molar-refractivity contribution in [2.75, 3.05) is 23.3 Å². The maximum Gasteiger partial charge on any atom is 0.337 e. The van der Waals surface area contributed by atoms with Gasteiger partial charge in [0.25, 0.3) is 0 Å². The summed E-state index contributed by atoms with van der Waals surface area (Å²) in [5, 5.41) is 24.6. The first-order valence-corrected chi connectivity index (χ1v) is 12.5. The first-order valence-electron chi connectivity index (χ1n) is 12.5. The molecule has 190 valence electrons. The molecule has 0 radical (unpaired) electrons. The van der Waals surface area contributed by atoms with Gasteiger partial charge >= 0.3 is 5.97 Å². The Kier molecular flexibility index (Phi) is 6.48. The Morgan fingerprint density at radius 3 is 2.41 bits per heavy atom. The fourth-order valence-electron chi connectivity index (χ4n) is 5.14. The number of anilines is 2. The normalized spacial score (nSPS) is 15.9. The van der Waals surface area contributed by atoms with Gasteiger partial charge in [-0.25, -0.2) is 4.79 Å². The van der Waals surface area contributed by atoms with Crippen molar-refractivity contribution < 1.29 is 19.4 Å². The lowest BCUT2D eigenvalue weighted by Gasteiger charge is -2.38. The van der Waals surface area contributed by atoms with E-state index in [-0.39, 0.29) is 17.0 Å². The molecule has 1 aromatic heterocycles. The van der Waals surface area contributed by atoms with Crippen LogP contribution in [0.4, 0.5) is 11.6 Å². The van der Waals surface area contributed by atoms with Crippen LogP contribution in [0.2, 0.25) is 0 Å². The summed E-state index contributed by atoms with van der Waals surface area (Å²) in [6.07, 6.45) is 1.03. The van der Waals surface area contributed by atoms with Gasteiger partial charge in [-0.15, -0.1) is 0 Å². The lowest BCUT2D eigenvalue weighted by molar-refractivity contribution is 0.0112. The Labute approximate surface area is 215 Å². The highest BCUT2D eigenvalue weighted by Gasteiger charge is 2.34. The number of hydrogen-bond acceptors (Lipinski definition) is 6. The molecule has 1 atom stereocenters. The molecule has 0 aliphatic carbocycles. The number of para-hydroxylation sites is 1. The average molecular weight is 499 g/mol. The van der Waals surface area contributed by atoms with E-state index in [0.717, 1.165) is 16.7 Å². The van der Waals surface area contributed by atoms with Crippen LogP contribution in [-0.4, -0.2) is 29.3 Å². The molecular weight excluding hydrogens is 468 g/mol. The summed E-state index contributed by atoms with van der Waals surface area (Å²) in [4.78, 5) is 26.9. The van der Waals surface area contributed by atoms with E-state index in [4.69, 9.17) is 4.42 Å². The maximum atomic E-state index is 13.2. The van der Waals surface area contributed by atoms with Crippen LogP contribution >= 0.6 is 0 Å². The number of nitrogens with zero attached hydrogens (tertiary/aromatic N) is 1. The minimum atomic E-state index is -1.02. The molecule has 0 bridgehead atoms. The maximum absolute atomic E-state index is 13.2. The Balaban J connectivity index is 1.47. The van der Waals surface area contributed by atoms with E-state index < -0.39 is 11.6 Å². The number of rotatable bonds is 6. The van der Waals surface area contributed by atoms with Gasteiger partial charge < -0.3 is 24.8 Å². The molecule has 0 saturated carbocycles. The van der Waals surface area contributed by atoms with Crippen LogP contribution in [0.5, 0.6) is 0 Å². The molecule has 1 aliphatic heterocycles. The highest BCUT2D eigenvalue weighted by atomic mass is 16.4. The fourth-order valence-corrected chi connectivity index (χ4v) is 5.14. The molecule has 0 spiro atoms. The summed E-state index contributed by atoms with van der Waals surface area (Å²) in [6.45, 7) is 4.92. The Hall–Kier alpha value is -4.10. The van der Waals surface area contributed by atoms with Crippen LogP contribution in [-0.2, 0) is 5.60 Å². The molecule has 0 amide bonds. The van der Waals surface area contributed by atoms with Crippen LogP contribution in [0.15, 0.2) is 82.0 Å². The van der Waals surface area contributed by atoms with E-state index in [1.807, 2.05) is 61.2 Å². The van der Waals surface area contributed by atoms with Gasteiger partial charge in [-0.2, -0.15) is 0 Å². The largest absolute Gasteiger partial charge is 0.478 e. The first-order chi connectivity index (χ1) is 17.7. The number of fused-ring (bicyclic) bond motifs is 1. The number of hydrogen-bond donors (Lipinski definition) is 3. The second kappa shape index (κ2) is 9.75. The van der Waals surface area contributed by atoms with Gasteiger partial charge in [0, 0.05) is 30.4 Å². The van der Waals surface area contributed by atoms with Gasteiger partial charge in [0.05, 0.1) is 22.6 Å². The molecule has 4 aromatic rings.